The highest BCUT2D eigenvalue weighted by atomic mass is 16.5. The van der Waals surface area contributed by atoms with Crippen LogP contribution < -0.4 is 10.1 Å². The van der Waals surface area contributed by atoms with Gasteiger partial charge in [-0.2, -0.15) is 0 Å². The summed E-state index contributed by atoms with van der Waals surface area (Å²) < 4.78 is 10.8. The SMILES string of the molecule is CCOc1ccc(/C=C2/N=C(C3CCOCC3)NC2=O)cc1. The van der Waals surface area contributed by atoms with Gasteiger partial charge in [0.1, 0.15) is 17.3 Å². The zero-order chi connectivity index (χ0) is 15.4. The predicted molar refractivity (Wildman–Crippen MR) is 84.7 cm³/mol. The van der Waals surface area contributed by atoms with Crippen molar-refractivity contribution >= 4 is 17.8 Å². The molecule has 1 aromatic rings. The number of nitrogens with zero attached hydrogens (tertiary/aromatic N) is 1. The molecule has 0 atom stereocenters. The number of nitrogens with one attached hydrogen (secondary N) is 1. The smallest absolute Gasteiger partial charge is 0.275 e. The Morgan fingerprint density at radius 3 is 2.73 bits per heavy atom. The van der Waals surface area contributed by atoms with E-state index >= 15 is 0 Å². The Balaban J connectivity index is 1.75. The third kappa shape index (κ3) is 3.36. The van der Waals surface area contributed by atoms with Crippen LogP contribution >= 0.6 is 0 Å². The Kier molecular flexibility index (Phi) is 4.53. The molecule has 2 aliphatic heterocycles. The third-order valence-electron chi connectivity index (χ3n) is 3.82. The molecule has 0 unspecified atom stereocenters. The number of carbonyl (C=O) groups excluding carboxylic acids is 1. The van der Waals surface area contributed by atoms with Gasteiger partial charge in [0.2, 0.25) is 0 Å². The molecule has 0 spiro atoms. The number of hydrogen-bond acceptors (Lipinski definition) is 4. The Hall–Kier alpha value is -2.14. The summed E-state index contributed by atoms with van der Waals surface area (Å²) >= 11 is 0. The number of amidine groups is 1. The van der Waals surface area contributed by atoms with Crippen molar-refractivity contribution in [1.29, 1.82) is 0 Å². The van der Waals surface area contributed by atoms with Crippen LogP contribution in [0.15, 0.2) is 35.0 Å². The lowest BCUT2D eigenvalue weighted by Gasteiger charge is -2.21. The molecule has 5 nitrogen and oxygen atoms in total. The quantitative estimate of drug-likeness (QED) is 0.869. The summed E-state index contributed by atoms with van der Waals surface area (Å²) in [6.45, 7) is 4.06. The minimum absolute atomic E-state index is 0.129. The maximum atomic E-state index is 12.1. The topological polar surface area (TPSA) is 59.9 Å². The van der Waals surface area contributed by atoms with Crippen LogP contribution in [0.4, 0.5) is 0 Å². The zero-order valence-corrected chi connectivity index (χ0v) is 12.7. The lowest BCUT2D eigenvalue weighted by atomic mass is 9.99. The monoisotopic (exact) mass is 300 g/mol. The number of amides is 1. The second-order valence-corrected chi connectivity index (χ2v) is 5.37. The summed E-state index contributed by atoms with van der Waals surface area (Å²) in [7, 11) is 0. The highest BCUT2D eigenvalue weighted by molar-refractivity contribution is 6.15. The molecule has 116 valence electrons. The molecule has 1 fully saturated rings. The standard InChI is InChI=1S/C17H20N2O3/c1-2-22-14-5-3-12(4-6-14)11-15-17(20)19-16(18-15)13-7-9-21-10-8-13/h3-6,11,13H,2,7-10H2,1H3,(H,18,19,20)/b15-11+. The van der Waals surface area contributed by atoms with Crippen LogP contribution in [0.25, 0.3) is 6.08 Å². The highest BCUT2D eigenvalue weighted by Gasteiger charge is 2.27. The number of hydrogen-bond donors (Lipinski definition) is 1. The van der Waals surface area contributed by atoms with Crippen LogP contribution in [-0.2, 0) is 9.53 Å². The van der Waals surface area contributed by atoms with E-state index in [0.717, 1.165) is 43.2 Å². The summed E-state index contributed by atoms with van der Waals surface area (Å²) in [5, 5.41) is 2.89. The Morgan fingerprint density at radius 2 is 2.05 bits per heavy atom. The fourth-order valence-electron chi connectivity index (χ4n) is 2.64. The van der Waals surface area contributed by atoms with Crippen molar-refractivity contribution in [3.05, 3.63) is 35.5 Å². The van der Waals surface area contributed by atoms with Crippen molar-refractivity contribution in [1.82, 2.24) is 5.32 Å². The van der Waals surface area contributed by atoms with Crippen LogP contribution in [0.5, 0.6) is 5.75 Å². The number of rotatable bonds is 4. The number of carbonyl (C=O) groups is 1. The van der Waals surface area contributed by atoms with Gasteiger partial charge < -0.3 is 14.8 Å². The fraction of sp³-hybridized carbons (Fsp3) is 0.412. The molecule has 0 saturated carbocycles. The van der Waals surface area contributed by atoms with Gasteiger partial charge in [0.05, 0.1) is 6.61 Å². The molecule has 5 heteroatoms. The minimum Gasteiger partial charge on any atom is -0.494 e. The van der Waals surface area contributed by atoms with Gasteiger partial charge in [-0.05, 0) is 43.5 Å². The number of ether oxygens (including phenoxy) is 2. The van der Waals surface area contributed by atoms with E-state index in [2.05, 4.69) is 10.3 Å². The number of aliphatic imine (C=N–C) groups is 1. The first-order valence-electron chi connectivity index (χ1n) is 7.68. The van der Waals surface area contributed by atoms with Gasteiger partial charge in [-0.1, -0.05) is 12.1 Å². The summed E-state index contributed by atoms with van der Waals surface area (Å²) in [4.78, 5) is 16.5. The highest BCUT2D eigenvalue weighted by Crippen LogP contribution is 2.22. The molecule has 0 radical (unpaired) electrons. The third-order valence-corrected chi connectivity index (χ3v) is 3.82. The van der Waals surface area contributed by atoms with Crippen LogP contribution in [-0.4, -0.2) is 31.6 Å². The Morgan fingerprint density at radius 1 is 1.32 bits per heavy atom. The largest absolute Gasteiger partial charge is 0.494 e. The van der Waals surface area contributed by atoms with E-state index < -0.39 is 0 Å². The van der Waals surface area contributed by atoms with E-state index in [0.29, 0.717) is 18.2 Å². The van der Waals surface area contributed by atoms with Gasteiger partial charge in [0.15, 0.2) is 0 Å². The average Bonchev–Trinajstić information content (AvgIpc) is 2.91. The number of benzene rings is 1. The van der Waals surface area contributed by atoms with E-state index in [-0.39, 0.29) is 5.91 Å². The normalized spacial score (nSPS) is 20.9. The van der Waals surface area contributed by atoms with Crippen LogP contribution in [0.2, 0.25) is 0 Å². The maximum absolute atomic E-state index is 12.1. The van der Waals surface area contributed by atoms with E-state index in [9.17, 15) is 4.79 Å². The van der Waals surface area contributed by atoms with E-state index in [1.807, 2.05) is 31.2 Å². The molecule has 1 amide bonds. The van der Waals surface area contributed by atoms with Gasteiger partial charge in [0, 0.05) is 19.1 Å². The van der Waals surface area contributed by atoms with Crippen LogP contribution in [0, 0.1) is 5.92 Å². The average molecular weight is 300 g/mol. The van der Waals surface area contributed by atoms with Crippen molar-refractivity contribution in [3.8, 4) is 5.75 Å². The van der Waals surface area contributed by atoms with Crippen molar-refractivity contribution in [2.45, 2.75) is 19.8 Å². The lowest BCUT2D eigenvalue weighted by Crippen LogP contribution is -2.33. The first-order chi connectivity index (χ1) is 10.8. The molecule has 1 aromatic carbocycles. The van der Waals surface area contributed by atoms with Crippen molar-refractivity contribution in [2.75, 3.05) is 19.8 Å². The molecule has 2 aliphatic rings. The van der Waals surface area contributed by atoms with E-state index in [1.54, 1.807) is 6.08 Å². The van der Waals surface area contributed by atoms with Crippen molar-refractivity contribution in [3.63, 3.8) is 0 Å². The summed E-state index contributed by atoms with van der Waals surface area (Å²) in [6.07, 6.45) is 3.63. The first kappa shape index (κ1) is 14.8. The maximum Gasteiger partial charge on any atom is 0.275 e. The summed E-state index contributed by atoms with van der Waals surface area (Å²) in [5.41, 5.74) is 1.40. The van der Waals surface area contributed by atoms with Gasteiger partial charge in [-0.15, -0.1) is 0 Å². The molecular formula is C17H20N2O3. The van der Waals surface area contributed by atoms with Gasteiger partial charge in [-0.3, -0.25) is 4.79 Å². The molecule has 22 heavy (non-hydrogen) atoms. The van der Waals surface area contributed by atoms with Gasteiger partial charge in [0.25, 0.3) is 5.91 Å². The molecular weight excluding hydrogens is 280 g/mol. The predicted octanol–water partition coefficient (Wildman–Crippen LogP) is 2.38. The molecule has 0 aromatic heterocycles. The molecule has 3 rings (SSSR count). The van der Waals surface area contributed by atoms with E-state index in [1.165, 1.54) is 0 Å². The van der Waals surface area contributed by atoms with Crippen LogP contribution in [0.1, 0.15) is 25.3 Å². The van der Waals surface area contributed by atoms with Crippen molar-refractivity contribution < 1.29 is 14.3 Å². The molecule has 1 saturated heterocycles. The second kappa shape index (κ2) is 6.75. The van der Waals surface area contributed by atoms with E-state index in [4.69, 9.17) is 9.47 Å². The molecule has 2 heterocycles. The molecule has 1 N–H and O–H groups in total. The lowest BCUT2D eigenvalue weighted by molar-refractivity contribution is -0.115. The Bertz CT molecular complexity index is 599. The van der Waals surface area contributed by atoms with Gasteiger partial charge >= 0.3 is 0 Å². The first-order valence-corrected chi connectivity index (χ1v) is 7.68. The summed E-state index contributed by atoms with van der Waals surface area (Å²) in [5.74, 6) is 1.77. The molecule has 0 bridgehead atoms. The van der Waals surface area contributed by atoms with Crippen molar-refractivity contribution in [2.24, 2.45) is 10.9 Å². The summed E-state index contributed by atoms with van der Waals surface area (Å²) in [6, 6.07) is 7.64. The van der Waals surface area contributed by atoms with Crippen LogP contribution in [0.3, 0.4) is 0 Å². The second-order valence-electron chi connectivity index (χ2n) is 5.37. The minimum atomic E-state index is -0.129. The Labute approximate surface area is 130 Å². The fourth-order valence-corrected chi connectivity index (χ4v) is 2.64. The van der Waals surface area contributed by atoms with Gasteiger partial charge in [-0.25, -0.2) is 4.99 Å². The molecule has 0 aliphatic carbocycles. The zero-order valence-electron chi connectivity index (χ0n) is 12.7.